The molecule has 0 aliphatic rings. The molecule has 30 heavy (non-hydrogen) atoms. The molecule has 0 saturated heterocycles. The van der Waals surface area contributed by atoms with Crippen LogP contribution in [0.1, 0.15) is 42.1 Å². The van der Waals surface area contributed by atoms with Gasteiger partial charge in [-0.1, -0.05) is 56.3 Å². The molecule has 5 rings (SSSR count). The van der Waals surface area contributed by atoms with E-state index in [2.05, 4.69) is 106 Å². The third kappa shape index (κ3) is 2.58. The van der Waals surface area contributed by atoms with Crippen molar-refractivity contribution < 1.29 is 4.68 Å². The highest BCUT2D eigenvalue weighted by molar-refractivity contribution is 6.14. The molecule has 0 bridgehead atoms. The molecule has 0 aliphatic heterocycles. The van der Waals surface area contributed by atoms with Gasteiger partial charge >= 0.3 is 0 Å². The van der Waals surface area contributed by atoms with Crippen molar-refractivity contribution in [2.75, 3.05) is 0 Å². The molecule has 3 heterocycles. The average Bonchev–Trinajstić information content (AvgIpc) is 3.04. The first-order valence-corrected chi connectivity index (χ1v) is 10.7. The fourth-order valence-electron chi connectivity index (χ4n) is 5.01. The summed E-state index contributed by atoms with van der Waals surface area (Å²) in [6, 6.07) is 17.6. The fourth-order valence-corrected chi connectivity index (χ4v) is 5.01. The zero-order chi connectivity index (χ0) is 21.2. The molecule has 0 N–H and O–H groups in total. The summed E-state index contributed by atoms with van der Waals surface area (Å²) < 4.78 is 4.57. The van der Waals surface area contributed by atoms with Gasteiger partial charge in [0.05, 0.1) is 5.56 Å². The van der Waals surface area contributed by atoms with Gasteiger partial charge in [-0.3, -0.25) is 4.98 Å². The van der Waals surface area contributed by atoms with Crippen molar-refractivity contribution in [2.45, 2.75) is 40.5 Å². The van der Waals surface area contributed by atoms with Crippen LogP contribution >= 0.6 is 0 Å². The Morgan fingerprint density at radius 3 is 2.33 bits per heavy atom. The first kappa shape index (κ1) is 18.8. The maximum atomic E-state index is 4.97. The number of pyridine rings is 2. The molecule has 3 heteroatoms. The summed E-state index contributed by atoms with van der Waals surface area (Å²) in [4.78, 5) is 4.97. The van der Waals surface area contributed by atoms with Gasteiger partial charge in [-0.15, -0.1) is 9.20 Å². The number of fused-ring (bicyclic) bond motifs is 6. The molecular weight excluding hydrogens is 366 g/mol. The number of aromatic nitrogens is 3. The molecule has 0 atom stereocenters. The van der Waals surface area contributed by atoms with Gasteiger partial charge in [0.2, 0.25) is 6.20 Å². The van der Waals surface area contributed by atoms with E-state index in [9.17, 15) is 0 Å². The van der Waals surface area contributed by atoms with E-state index in [1.54, 1.807) is 0 Å². The van der Waals surface area contributed by atoms with Gasteiger partial charge in [-0.25, -0.2) is 0 Å². The summed E-state index contributed by atoms with van der Waals surface area (Å²) in [5, 5.41) is 2.46. The van der Waals surface area contributed by atoms with Gasteiger partial charge in [0, 0.05) is 16.5 Å². The van der Waals surface area contributed by atoms with Crippen molar-refractivity contribution in [1.82, 2.24) is 9.50 Å². The van der Waals surface area contributed by atoms with Gasteiger partial charge in [-0.05, 0) is 55.0 Å². The number of hydrogen-bond donors (Lipinski definition) is 0. The zero-order valence-electron chi connectivity index (χ0n) is 18.6. The first-order chi connectivity index (χ1) is 14.4. The Kier molecular flexibility index (Phi) is 4.18. The molecule has 2 aromatic carbocycles. The smallest absolute Gasteiger partial charge is 0.204 e. The minimum absolute atomic E-state index is 0.456. The van der Waals surface area contributed by atoms with Crippen molar-refractivity contribution in [2.24, 2.45) is 7.05 Å². The van der Waals surface area contributed by atoms with Gasteiger partial charge in [-0.2, -0.15) is 0 Å². The van der Waals surface area contributed by atoms with Crippen LogP contribution in [-0.4, -0.2) is 9.50 Å². The first-order valence-electron chi connectivity index (χ1n) is 10.7. The van der Waals surface area contributed by atoms with E-state index in [1.165, 1.54) is 49.6 Å². The van der Waals surface area contributed by atoms with Crippen LogP contribution in [-0.2, 0) is 7.05 Å². The Hall–Kier alpha value is -3.20. The van der Waals surface area contributed by atoms with E-state index in [-0.39, 0.29) is 0 Å². The molecule has 3 nitrogen and oxygen atoms in total. The Morgan fingerprint density at radius 2 is 1.60 bits per heavy atom. The number of rotatable bonds is 2. The van der Waals surface area contributed by atoms with Crippen molar-refractivity contribution in [1.29, 1.82) is 0 Å². The molecule has 0 saturated carbocycles. The van der Waals surface area contributed by atoms with Crippen LogP contribution in [0, 0.1) is 20.8 Å². The number of hydrogen-bond acceptors (Lipinski definition) is 1. The van der Waals surface area contributed by atoms with Crippen LogP contribution in [0.4, 0.5) is 0 Å². The largest absolute Gasteiger partial charge is 0.251 e. The van der Waals surface area contributed by atoms with Crippen LogP contribution in [0.2, 0.25) is 0 Å². The van der Waals surface area contributed by atoms with E-state index in [1.807, 2.05) is 0 Å². The monoisotopic (exact) mass is 394 g/mol. The molecule has 0 radical (unpaired) electrons. The standard InChI is InChI=1S/C27H28N3/c1-16(2)20-13-9-10-17(3)24(20)23-15-29(6)30-26-18(4)14-19(5)28-25(26)21-11-7-8-12-22(21)27(23)30/h7-16H,1-6H3/q+1. The van der Waals surface area contributed by atoms with Crippen LogP contribution < -0.4 is 4.68 Å². The summed E-state index contributed by atoms with van der Waals surface area (Å²) in [5.74, 6) is 0.456. The van der Waals surface area contributed by atoms with E-state index in [4.69, 9.17) is 4.98 Å². The van der Waals surface area contributed by atoms with Crippen LogP contribution in [0.3, 0.4) is 0 Å². The lowest BCUT2D eigenvalue weighted by atomic mass is 9.89. The Labute approximate surface area is 177 Å². The molecule has 150 valence electrons. The second kappa shape index (κ2) is 6.66. The lowest BCUT2D eigenvalue weighted by Gasteiger charge is -2.15. The highest BCUT2D eigenvalue weighted by Gasteiger charge is 2.25. The quantitative estimate of drug-likeness (QED) is 0.259. The van der Waals surface area contributed by atoms with Gasteiger partial charge < -0.3 is 0 Å². The van der Waals surface area contributed by atoms with Crippen molar-refractivity contribution in [3.63, 3.8) is 0 Å². The van der Waals surface area contributed by atoms with Crippen LogP contribution in [0.15, 0.2) is 54.7 Å². The molecule has 0 aliphatic carbocycles. The van der Waals surface area contributed by atoms with E-state index < -0.39 is 0 Å². The fraction of sp³-hybridized carbons (Fsp3) is 0.259. The topological polar surface area (TPSA) is 21.2 Å². The molecule has 3 aromatic heterocycles. The Bertz CT molecular complexity index is 1450. The number of benzene rings is 2. The lowest BCUT2D eigenvalue weighted by Crippen LogP contribution is -2.34. The number of nitrogens with zero attached hydrogens (tertiary/aromatic N) is 3. The molecule has 0 fully saturated rings. The van der Waals surface area contributed by atoms with Gasteiger partial charge in [0.15, 0.2) is 7.05 Å². The molecule has 0 unspecified atom stereocenters. The summed E-state index contributed by atoms with van der Waals surface area (Å²) in [6.45, 7) is 11.1. The van der Waals surface area contributed by atoms with Gasteiger partial charge in [0.1, 0.15) is 16.6 Å². The Morgan fingerprint density at radius 1 is 0.867 bits per heavy atom. The molecular formula is C27H28N3+. The third-order valence-electron chi connectivity index (χ3n) is 6.26. The summed E-state index contributed by atoms with van der Waals surface area (Å²) in [6.07, 6.45) is 2.29. The van der Waals surface area contributed by atoms with Crippen molar-refractivity contribution >= 4 is 27.3 Å². The number of aryl methyl sites for hydroxylation is 4. The molecule has 0 amide bonds. The highest BCUT2D eigenvalue weighted by Crippen LogP contribution is 2.39. The van der Waals surface area contributed by atoms with Crippen LogP contribution in [0.25, 0.3) is 38.4 Å². The minimum atomic E-state index is 0.456. The predicted molar refractivity (Wildman–Crippen MR) is 125 cm³/mol. The molecule has 5 aromatic rings. The summed E-state index contributed by atoms with van der Waals surface area (Å²) >= 11 is 0. The average molecular weight is 395 g/mol. The zero-order valence-corrected chi connectivity index (χ0v) is 18.6. The summed E-state index contributed by atoms with van der Waals surface area (Å²) in [5.41, 5.74) is 11.2. The maximum absolute atomic E-state index is 4.97. The highest BCUT2D eigenvalue weighted by atomic mass is 15.3. The van der Waals surface area contributed by atoms with E-state index in [0.29, 0.717) is 5.92 Å². The van der Waals surface area contributed by atoms with Crippen LogP contribution in [0.5, 0.6) is 0 Å². The third-order valence-corrected chi connectivity index (χ3v) is 6.26. The second-order valence-corrected chi connectivity index (χ2v) is 8.79. The predicted octanol–water partition coefficient (Wildman–Crippen LogP) is 6.18. The van der Waals surface area contributed by atoms with Crippen molar-refractivity contribution in [3.8, 4) is 11.1 Å². The maximum Gasteiger partial charge on any atom is 0.204 e. The second-order valence-electron chi connectivity index (χ2n) is 8.79. The van der Waals surface area contributed by atoms with Crippen molar-refractivity contribution in [3.05, 3.63) is 77.1 Å². The van der Waals surface area contributed by atoms with E-state index in [0.717, 1.165) is 11.2 Å². The Balaban J connectivity index is 2.08. The van der Waals surface area contributed by atoms with Gasteiger partial charge in [0.25, 0.3) is 0 Å². The lowest BCUT2D eigenvalue weighted by molar-refractivity contribution is -0.735. The SMILES string of the molecule is Cc1cc(C)c2c(n1)c1ccccc1c1c(-c3c(C)cccc3C(C)C)c[n+](C)n12. The summed E-state index contributed by atoms with van der Waals surface area (Å²) in [7, 11) is 2.14. The minimum Gasteiger partial charge on any atom is -0.251 e. The van der Waals surface area contributed by atoms with E-state index >= 15 is 0 Å². The normalized spacial score (nSPS) is 12.0. The molecule has 0 spiro atoms.